The van der Waals surface area contributed by atoms with Gasteiger partial charge >= 0.3 is 0 Å². The molecule has 0 saturated carbocycles. The summed E-state index contributed by atoms with van der Waals surface area (Å²) in [5.74, 6) is -0.565. The number of amides is 2. The predicted molar refractivity (Wildman–Crippen MR) is 111 cm³/mol. The molecule has 7 heteroatoms. The lowest BCUT2D eigenvalue weighted by atomic mass is 10.2. The van der Waals surface area contributed by atoms with Crippen LogP contribution in [-0.2, 0) is 0 Å². The monoisotopic (exact) mass is 394 g/mol. The molecule has 0 aliphatic carbocycles. The molecule has 0 fully saturated rings. The van der Waals surface area contributed by atoms with Gasteiger partial charge in [0.1, 0.15) is 0 Å². The standard InChI is InChI=1S/C21H19ClN4O2/c1-14-11-18(13-23-24-20(27)17-9-6-10-19(22)12-17)15(2)26(14)25-21(28)16-7-4-3-5-8-16/h3-13H,1-2H3,(H,24,27)(H,25,28)/b23-13-. The zero-order valence-electron chi connectivity index (χ0n) is 15.4. The number of carbonyl (C=O) groups excluding carboxylic acids is 2. The van der Waals surface area contributed by atoms with Crippen molar-refractivity contribution in [2.24, 2.45) is 5.10 Å². The first kappa shape index (κ1) is 19.4. The van der Waals surface area contributed by atoms with Gasteiger partial charge in [0.2, 0.25) is 0 Å². The van der Waals surface area contributed by atoms with E-state index in [-0.39, 0.29) is 11.8 Å². The number of aromatic nitrogens is 1. The van der Waals surface area contributed by atoms with Crippen molar-refractivity contribution < 1.29 is 9.59 Å². The number of benzene rings is 2. The molecule has 0 aliphatic heterocycles. The Balaban J connectivity index is 1.70. The third-order valence-corrected chi connectivity index (χ3v) is 4.41. The summed E-state index contributed by atoms with van der Waals surface area (Å²) in [4.78, 5) is 24.5. The Hall–Kier alpha value is -3.38. The van der Waals surface area contributed by atoms with E-state index in [4.69, 9.17) is 11.6 Å². The molecule has 0 radical (unpaired) electrons. The molecular formula is C21H19ClN4O2. The molecule has 2 aromatic carbocycles. The van der Waals surface area contributed by atoms with E-state index in [0.29, 0.717) is 16.1 Å². The molecule has 6 nitrogen and oxygen atoms in total. The van der Waals surface area contributed by atoms with Crippen LogP contribution in [0.5, 0.6) is 0 Å². The Kier molecular flexibility index (Phi) is 5.91. The van der Waals surface area contributed by atoms with Crippen LogP contribution in [0.2, 0.25) is 5.02 Å². The number of nitrogens with zero attached hydrogens (tertiary/aromatic N) is 2. The number of nitrogens with one attached hydrogen (secondary N) is 2. The van der Waals surface area contributed by atoms with E-state index in [2.05, 4.69) is 16.0 Å². The number of hydrogen-bond acceptors (Lipinski definition) is 3. The summed E-state index contributed by atoms with van der Waals surface area (Å²) >= 11 is 5.89. The normalized spacial score (nSPS) is 10.8. The largest absolute Gasteiger partial charge is 0.271 e. The van der Waals surface area contributed by atoms with Crippen LogP contribution in [0, 0.1) is 13.8 Å². The van der Waals surface area contributed by atoms with Gasteiger partial charge in [0.25, 0.3) is 11.8 Å². The summed E-state index contributed by atoms with van der Waals surface area (Å²) < 4.78 is 1.69. The molecular weight excluding hydrogens is 376 g/mol. The van der Waals surface area contributed by atoms with Gasteiger partial charge in [0.15, 0.2) is 0 Å². The van der Waals surface area contributed by atoms with Gasteiger partial charge in [-0.3, -0.25) is 19.7 Å². The van der Waals surface area contributed by atoms with E-state index in [1.807, 2.05) is 38.1 Å². The Morgan fingerprint density at radius 3 is 2.39 bits per heavy atom. The van der Waals surface area contributed by atoms with Crippen LogP contribution < -0.4 is 10.9 Å². The van der Waals surface area contributed by atoms with E-state index in [1.165, 1.54) is 6.21 Å². The number of aryl methyl sites for hydroxylation is 1. The van der Waals surface area contributed by atoms with Crippen molar-refractivity contribution >= 4 is 29.6 Å². The van der Waals surface area contributed by atoms with Gasteiger partial charge in [-0.25, -0.2) is 5.43 Å². The van der Waals surface area contributed by atoms with Crippen LogP contribution in [0.4, 0.5) is 0 Å². The summed E-state index contributed by atoms with van der Waals surface area (Å²) in [5.41, 5.74) is 8.73. The Morgan fingerprint density at radius 2 is 1.68 bits per heavy atom. The first-order valence-corrected chi connectivity index (χ1v) is 8.98. The van der Waals surface area contributed by atoms with Gasteiger partial charge in [-0.05, 0) is 50.2 Å². The second-order valence-corrected chi connectivity index (χ2v) is 6.61. The first-order chi connectivity index (χ1) is 13.5. The minimum absolute atomic E-state index is 0.208. The van der Waals surface area contributed by atoms with Crippen molar-refractivity contribution in [3.63, 3.8) is 0 Å². The van der Waals surface area contributed by atoms with Crippen LogP contribution in [0.25, 0.3) is 0 Å². The molecule has 2 N–H and O–H groups in total. The summed E-state index contributed by atoms with van der Waals surface area (Å²) in [6.07, 6.45) is 1.54. The van der Waals surface area contributed by atoms with Crippen molar-refractivity contribution in [3.8, 4) is 0 Å². The topological polar surface area (TPSA) is 75.5 Å². The molecule has 0 unspecified atom stereocenters. The van der Waals surface area contributed by atoms with Crippen LogP contribution in [-0.4, -0.2) is 22.7 Å². The SMILES string of the molecule is Cc1cc(/C=N\NC(=O)c2cccc(Cl)c2)c(C)n1NC(=O)c1ccccc1. The molecule has 1 heterocycles. The fourth-order valence-electron chi connectivity index (χ4n) is 2.70. The van der Waals surface area contributed by atoms with Crippen molar-refractivity contribution in [1.29, 1.82) is 0 Å². The van der Waals surface area contributed by atoms with Crippen molar-refractivity contribution in [1.82, 2.24) is 10.1 Å². The molecule has 142 valence electrons. The average Bonchev–Trinajstić information content (AvgIpc) is 2.96. The highest BCUT2D eigenvalue weighted by Gasteiger charge is 2.12. The number of hydrogen-bond donors (Lipinski definition) is 2. The summed E-state index contributed by atoms with van der Waals surface area (Å²) in [6.45, 7) is 3.73. The van der Waals surface area contributed by atoms with Gasteiger partial charge in [0, 0.05) is 33.1 Å². The molecule has 1 aromatic heterocycles. The lowest BCUT2D eigenvalue weighted by Crippen LogP contribution is -2.24. The van der Waals surface area contributed by atoms with Crippen LogP contribution in [0.15, 0.2) is 65.8 Å². The molecule has 2 amide bonds. The number of rotatable bonds is 5. The van der Waals surface area contributed by atoms with Crippen LogP contribution >= 0.6 is 11.6 Å². The average molecular weight is 395 g/mol. The van der Waals surface area contributed by atoms with Crippen molar-refractivity contribution in [2.45, 2.75) is 13.8 Å². The highest BCUT2D eigenvalue weighted by molar-refractivity contribution is 6.30. The second-order valence-electron chi connectivity index (χ2n) is 6.18. The zero-order chi connectivity index (χ0) is 20.1. The molecule has 0 aliphatic rings. The van der Waals surface area contributed by atoms with Crippen LogP contribution in [0.3, 0.4) is 0 Å². The highest BCUT2D eigenvalue weighted by Crippen LogP contribution is 2.13. The fourth-order valence-corrected chi connectivity index (χ4v) is 2.89. The van der Waals surface area contributed by atoms with E-state index >= 15 is 0 Å². The summed E-state index contributed by atoms with van der Waals surface area (Å²) in [6, 6.07) is 17.5. The molecule has 0 atom stereocenters. The van der Waals surface area contributed by atoms with Gasteiger partial charge in [0.05, 0.1) is 6.21 Å². The molecule has 0 bridgehead atoms. The number of hydrazone groups is 1. The lowest BCUT2D eigenvalue weighted by molar-refractivity contribution is 0.0954. The minimum atomic E-state index is -0.357. The molecule has 0 spiro atoms. The van der Waals surface area contributed by atoms with Gasteiger partial charge in [-0.2, -0.15) is 5.10 Å². The third kappa shape index (κ3) is 4.47. The number of halogens is 1. The van der Waals surface area contributed by atoms with Gasteiger partial charge in [-0.1, -0.05) is 35.9 Å². The summed E-state index contributed by atoms with van der Waals surface area (Å²) in [7, 11) is 0. The third-order valence-electron chi connectivity index (χ3n) is 4.18. The van der Waals surface area contributed by atoms with E-state index < -0.39 is 0 Å². The Labute approximate surface area is 167 Å². The molecule has 3 rings (SSSR count). The smallest absolute Gasteiger partial charge is 0.267 e. The molecule has 3 aromatic rings. The van der Waals surface area contributed by atoms with Gasteiger partial charge in [-0.15, -0.1) is 0 Å². The highest BCUT2D eigenvalue weighted by atomic mass is 35.5. The maximum atomic E-state index is 12.4. The van der Waals surface area contributed by atoms with E-state index in [1.54, 1.807) is 41.1 Å². The number of carbonyl (C=O) groups is 2. The summed E-state index contributed by atoms with van der Waals surface area (Å²) in [5, 5.41) is 4.49. The van der Waals surface area contributed by atoms with E-state index in [9.17, 15) is 9.59 Å². The fraction of sp³-hybridized carbons (Fsp3) is 0.0952. The lowest BCUT2D eigenvalue weighted by Gasteiger charge is -2.11. The van der Waals surface area contributed by atoms with Crippen molar-refractivity contribution in [3.05, 3.63) is 93.8 Å². The maximum absolute atomic E-state index is 12.4. The molecule has 28 heavy (non-hydrogen) atoms. The Bertz CT molecular complexity index is 1040. The van der Waals surface area contributed by atoms with Gasteiger partial charge < -0.3 is 0 Å². The van der Waals surface area contributed by atoms with Crippen LogP contribution in [0.1, 0.15) is 37.7 Å². The quantitative estimate of drug-likeness (QED) is 0.508. The maximum Gasteiger partial charge on any atom is 0.271 e. The van der Waals surface area contributed by atoms with E-state index in [0.717, 1.165) is 17.0 Å². The molecule has 0 saturated heterocycles. The second kappa shape index (κ2) is 8.54. The Morgan fingerprint density at radius 1 is 0.964 bits per heavy atom. The minimum Gasteiger partial charge on any atom is -0.267 e. The zero-order valence-corrected chi connectivity index (χ0v) is 16.2. The van der Waals surface area contributed by atoms with Crippen molar-refractivity contribution in [2.75, 3.05) is 5.43 Å². The first-order valence-electron chi connectivity index (χ1n) is 8.60. The predicted octanol–water partition coefficient (Wildman–Crippen LogP) is 3.91.